The highest BCUT2D eigenvalue weighted by atomic mass is 16.5. The quantitative estimate of drug-likeness (QED) is 0.749. The lowest BCUT2D eigenvalue weighted by Gasteiger charge is -1.98. The zero-order valence-corrected chi connectivity index (χ0v) is 12.0. The summed E-state index contributed by atoms with van der Waals surface area (Å²) in [7, 11) is 1.38. The Morgan fingerprint density at radius 2 is 1.95 bits per heavy atom. The largest absolute Gasteiger partial charge is 0.465 e. The van der Waals surface area contributed by atoms with Crippen LogP contribution in [0.15, 0.2) is 42.5 Å². The molecule has 0 aliphatic heterocycles. The van der Waals surface area contributed by atoms with Crippen molar-refractivity contribution >= 4 is 17.0 Å². The van der Waals surface area contributed by atoms with E-state index < -0.39 is 0 Å². The summed E-state index contributed by atoms with van der Waals surface area (Å²) >= 11 is 0. The van der Waals surface area contributed by atoms with Gasteiger partial charge in [0.1, 0.15) is 5.82 Å². The second kappa shape index (κ2) is 5.40. The van der Waals surface area contributed by atoms with Crippen LogP contribution in [0.4, 0.5) is 0 Å². The molecule has 2 aromatic carbocycles. The molecule has 0 fully saturated rings. The summed E-state index contributed by atoms with van der Waals surface area (Å²) in [6, 6.07) is 13.7. The molecule has 3 rings (SSSR count). The van der Waals surface area contributed by atoms with Gasteiger partial charge in [0.05, 0.1) is 23.7 Å². The van der Waals surface area contributed by atoms with Crippen LogP contribution in [0, 0.1) is 6.92 Å². The van der Waals surface area contributed by atoms with Crippen molar-refractivity contribution in [1.82, 2.24) is 9.97 Å². The van der Waals surface area contributed by atoms with Crippen molar-refractivity contribution in [2.45, 2.75) is 13.3 Å². The maximum absolute atomic E-state index is 11.5. The fraction of sp³-hybridized carbons (Fsp3) is 0.176. The minimum atomic E-state index is -0.341. The monoisotopic (exact) mass is 280 g/mol. The zero-order chi connectivity index (χ0) is 14.8. The molecule has 106 valence electrons. The number of rotatable bonds is 3. The number of carbonyl (C=O) groups is 1. The number of ether oxygens (including phenoxy) is 1. The van der Waals surface area contributed by atoms with E-state index in [-0.39, 0.29) is 5.97 Å². The Bertz CT molecular complexity index is 788. The van der Waals surface area contributed by atoms with Gasteiger partial charge in [0.15, 0.2) is 0 Å². The highest BCUT2D eigenvalue weighted by Crippen LogP contribution is 2.16. The van der Waals surface area contributed by atoms with Crippen molar-refractivity contribution in [1.29, 1.82) is 0 Å². The van der Waals surface area contributed by atoms with Crippen LogP contribution in [0.1, 0.15) is 27.3 Å². The van der Waals surface area contributed by atoms with E-state index in [4.69, 9.17) is 4.74 Å². The molecule has 4 nitrogen and oxygen atoms in total. The van der Waals surface area contributed by atoms with E-state index in [1.807, 2.05) is 6.07 Å². The molecule has 0 atom stereocenters. The number of nitrogens with one attached hydrogen (secondary N) is 1. The van der Waals surface area contributed by atoms with Crippen LogP contribution in [0.25, 0.3) is 11.0 Å². The lowest BCUT2D eigenvalue weighted by atomic mass is 10.1. The standard InChI is InChI=1S/C17H16N2O2/c1-11-3-5-12(6-4-11)9-16-18-14-8-7-13(17(20)21-2)10-15(14)19-16/h3-8,10H,9H2,1-2H3,(H,18,19). The fourth-order valence-corrected chi connectivity index (χ4v) is 2.29. The lowest BCUT2D eigenvalue weighted by Crippen LogP contribution is -2.00. The maximum atomic E-state index is 11.5. The van der Waals surface area contributed by atoms with Gasteiger partial charge in [-0.1, -0.05) is 29.8 Å². The Labute approximate surface area is 122 Å². The first-order valence-corrected chi connectivity index (χ1v) is 6.78. The minimum absolute atomic E-state index is 0.341. The molecule has 0 amide bonds. The number of nitrogens with zero attached hydrogens (tertiary/aromatic N) is 1. The summed E-state index contributed by atoms with van der Waals surface area (Å²) in [6.45, 7) is 2.07. The lowest BCUT2D eigenvalue weighted by molar-refractivity contribution is 0.0601. The third kappa shape index (κ3) is 2.79. The number of aromatic nitrogens is 2. The van der Waals surface area contributed by atoms with E-state index in [0.29, 0.717) is 5.56 Å². The predicted molar refractivity (Wildman–Crippen MR) is 81.4 cm³/mol. The molecule has 1 heterocycles. The molecular formula is C17H16N2O2. The number of carbonyl (C=O) groups excluding carboxylic acids is 1. The average molecular weight is 280 g/mol. The first-order chi connectivity index (χ1) is 10.2. The van der Waals surface area contributed by atoms with Crippen molar-refractivity contribution < 1.29 is 9.53 Å². The maximum Gasteiger partial charge on any atom is 0.337 e. The topological polar surface area (TPSA) is 55.0 Å². The Morgan fingerprint density at radius 1 is 1.19 bits per heavy atom. The second-order valence-electron chi connectivity index (χ2n) is 5.07. The Morgan fingerprint density at radius 3 is 2.67 bits per heavy atom. The number of H-pyrrole nitrogens is 1. The van der Waals surface area contributed by atoms with Gasteiger partial charge in [0, 0.05) is 6.42 Å². The summed E-state index contributed by atoms with van der Waals surface area (Å²) in [5, 5.41) is 0. The first kappa shape index (κ1) is 13.4. The van der Waals surface area contributed by atoms with E-state index in [1.54, 1.807) is 12.1 Å². The number of aromatic amines is 1. The Balaban J connectivity index is 1.90. The summed E-state index contributed by atoms with van der Waals surface area (Å²) in [4.78, 5) is 19.3. The summed E-state index contributed by atoms with van der Waals surface area (Å²) in [5.74, 6) is 0.544. The third-order valence-electron chi connectivity index (χ3n) is 3.44. The van der Waals surface area contributed by atoms with Crippen LogP contribution in [0.3, 0.4) is 0 Å². The number of fused-ring (bicyclic) bond motifs is 1. The average Bonchev–Trinajstić information content (AvgIpc) is 2.90. The minimum Gasteiger partial charge on any atom is -0.465 e. The van der Waals surface area contributed by atoms with E-state index in [1.165, 1.54) is 18.2 Å². The van der Waals surface area contributed by atoms with Gasteiger partial charge in [-0.25, -0.2) is 9.78 Å². The Kier molecular flexibility index (Phi) is 3.44. The highest BCUT2D eigenvalue weighted by molar-refractivity contribution is 5.93. The van der Waals surface area contributed by atoms with Gasteiger partial charge in [-0.2, -0.15) is 0 Å². The van der Waals surface area contributed by atoms with Crippen LogP contribution in [0.2, 0.25) is 0 Å². The van der Waals surface area contributed by atoms with Gasteiger partial charge >= 0.3 is 5.97 Å². The van der Waals surface area contributed by atoms with Crippen molar-refractivity contribution in [2.24, 2.45) is 0 Å². The molecule has 4 heteroatoms. The number of hydrogen-bond donors (Lipinski definition) is 1. The molecule has 0 saturated carbocycles. The third-order valence-corrected chi connectivity index (χ3v) is 3.44. The number of imidazole rings is 1. The molecule has 3 aromatic rings. The summed E-state index contributed by atoms with van der Waals surface area (Å²) in [5.41, 5.74) is 4.67. The highest BCUT2D eigenvalue weighted by Gasteiger charge is 2.09. The van der Waals surface area contributed by atoms with E-state index in [2.05, 4.69) is 41.2 Å². The van der Waals surface area contributed by atoms with Gasteiger partial charge in [0.2, 0.25) is 0 Å². The molecule has 0 spiro atoms. The molecule has 1 N–H and O–H groups in total. The number of hydrogen-bond acceptors (Lipinski definition) is 3. The summed E-state index contributed by atoms with van der Waals surface area (Å²) in [6.07, 6.45) is 0.739. The zero-order valence-electron chi connectivity index (χ0n) is 12.0. The van der Waals surface area contributed by atoms with Gasteiger partial charge in [0.25, 0.3) is 0 Å². The van der Waals surface area contributed by atoms with Crippen molar-refractivity contribution in [3.63, 3.8) is 0 Å². The van der Waals surface area contributed by atoms with Crippen LogP contribution in [0.5, 0.6) is 0 Å². The van der Waals surface area contributed by atoms with E-state index in [0.717, 1.165) is 23.3 Å². The fourth-order valence-electron chi connectivity index (χ4n) is 2.29. The molecular weight excluding hydrogens is 264 g/mol. The molecule has 0 radical (unpaired) electrons. The van der Waals surface area contributed by atoms with Crippen molar-refractivity contribution in [3.8, 4) is 0 Å². The molecule has 0 saturated heterocycles. The van der Waals surface area contributed by atoms with Crippen molar-refractivity contribution in [3.05, 3.63) is 65.0 Å². The van der Waals surface area contributed by atoms with Gasteiger partial charge in [-0.3, -0.25) is 0 Å². The molecule has 0 bridgehead atoms. The number of esters is 1. The summed E-state index contributed by atoms with van der Waals surface area (Å²) < 4.78 is 4.73. The smallest absolute Gasteiger partial charge is 0.337 e. The van der Waals surface area contributed by atoms with Gasteiger partial charge < -0.3 is 9.72 Å². The molecule has 1 aromatic heterocycles. The van der Waals surface area contributed by atoms with Crippen LogP contribution in [-0.2, 0) is 11.2 Å². The molecule has 0 unspecified atom stereocenters. The van der Waals surface area contributed by atoms with Crippen LogP contribution >= 0.6 is 0 Å². The van der Waals surface area contributed by atoms with Crippen LogP contribution < -0.4 is 0 Å². The SMILES string of the molecule is COC(=O)c1ccc2nc(Cc3ccc(C)cc3)[nH]c2c1. The second-order valence-corrected chi connectivity index (χ2v) is 5.07. The predicted octanol–water partition coefficient (Wildman–Crippen LogP) is 3.25. The van der Waals surface area contributed by atoms with E-state index in [9.17, 15) is 4.79 Å². The van der Waals surface area contributed by atoms with Crippen LogP contribution in [-0.4, -0.2) is 23.0 Å². The first-order valence-electron chi connectivity index (χ1n) is 6.78. The number of benzene rings is 2. The van der Waals surface area contributed by atoms with Crippen molar-refractivity contribution in [2.75, 3.05) is 7.11 Å². The van der Waals surface area contributed by atoms with Gasteiger partial charge in [-0.15, -0.1) is 0 Å². The van der Waals surface area contributed by atoms with E-state index >= 15 is 0 Å². The number of methoxy groups -OCH3 is 1. The molecule has 21 heavy (non-hydrogen) atoms. The Hall–Kier alpha value is -2.62. The number of aryl methyl sites for hydroxylation is 1. The molecule has 0 aliphatic carbocycles. The molecule has 0 aliphatic rings. The van der Waals surface area contributed by atoms with Gasteiger partial charge in [-0.05, 0) is 30.7 Å². The normalized spacial score (nSPS) is 10.8.